The molecule has 84 valence electrons. The molecule has 0 aliphatic carbocycles. The average molecular weight is 216 g/mol. The van der Waals surface area contributed by atoms with E-state index in [-0.39, 0.29) is 11.9 Å². The van der Waals surface area contributed by atoms with E-state index in [1.54, 1.807) is 0 Å². The van der Waals surface area contributed by atoms with Crippen molar-refractivity contribution in [3.63, 3.8) is 0 Å². The smallest absolute Gasteiger partial charge is 0.0926 e. The maximum absolute atomic E-state index is 7.38. The van der Waals surface area contributed by atoms with Gasteiger partial charge in [0.15, 0.2) is 0 Å². The molecule has 2 rings (SSSR count). The van der Waals surface area contributed by atoms with E-state index in [1.807, 2.05) is 35.1 Å². The fraction of sp³-hybridized carbons (Fsp3) is 0.333. The Morgan fingerprint density at radius 3 is 2.94 bits per heavy atom. The van der Waals surface area contributed by atoms with Gasteiger partial charge in [0, 0.05) is 11.8 Å². The van der Waals surface area contributed by atoms with Gasteiger partial charge in [-0.15, -0.1) is 0 Å². The SMILES string of the molecule is CCC(CC(=N)N)n1ncc2ccccc21. The van der Waals surface area contributed by atoms with Crippen molar-refractivity contribution >= 4 is 16.7 Å². The zero-order valence-electron chi connectivity index (χ0n) is 9.35. The molecule has 1 atom stereocenters. The molecule has 1 aromatic carbocycles. The lowest BCUT2D eigenvalue weighted by Crippen LogP contribution is -2.19. The Balaban J connectivity index is 2.41. The molecule has 0 radical (unpaired) electrons. The monoisotopic (exact) mass is 216 g/mol. The van der Waals surface area contributed by atoms with Gasteiger partial charge in [-0.25, -0.2) is 0 Å². The number of nitrogens with one attached hydrogen (secondary N) is 1. The lowest BCUT2D eigenvalue weighted by atomic mass is 10.1. The summed E-state index contributed by atoms with van der Waals surface area (Å²) >= 11 is 0. The van der Waals surface area contributed by atoms with Crippen molar-refractivity contribution in [2.45, 2.75) is 25.8 Å². The average Bonchev–Trinajstić information content (AvgIpc) is 2.69. The normalized spacial score (nSPS) is 12.8. The van der Waals surface area contributed by atoms with Gasteiger partial charge in [-0.05, 0) is 12.5 Å². The summed E-state index contributed by atoms with van der Waals surface area (Å²) in [4.78, 5) is 0. The molecule has 0 saturated carbocycles. The third-order valence-electron chi connectivity index (χ3n) is 2.78. The van der Waals surface area contributed by atoms with Crippen molar-refractivity contribution in [3.8, 4) is 0 Å². The number of nitrogens with two attached hydrogens (primary N) is 1. The Labute approximate surface area is 94.6 Å². The summed E-state index contributed by atoms with van der Waals surface area (Å²) in [6.07, 6.45) is 3.34. The number of amidine groups is 1. The highest BCUT2D eigenvalue weighted by molar-refractivity contribution is 5.80. The van der Waals surface area contributed by atoms with E-state index in [1.165, 1.54) is 0 Å². The molecule has 0 fully saturated rings. The van der Waals surface area contributed by atoms with Crippen LogP contribution in [0.5, 0.6) is 0 Å². The molecule has 0 amide bonds. The van der Waals surface area contributed by atoms with Gasteiger partial charge in [0.25, 0.3) is 0 Å². The van der Waals surface area contributed by atoms with E-state index in [4.69, 9.17) is 11.1 Å². The van der Waals surface area contributed by atoms with Gasteiger partial charge in [-0.3, -0.25) is 10.1 Å². The van der Waals surface area contributed by atoms with Gasteiger partial charge in [-0.2, -0.15) is 5.10 Å². The van der Waals surface area contributed by atoms with E-state index >= 15 is 0 Å². The van der Waals surface area contributed by atoms with Crippen LogP contribution >= 0.6 is 0 Å². The largest absolute Gasteiger partial charge is 0.388 e. The van der Waals surface area contributed by atoms with Crippen LogP contribution < -0.4 is 5.73 Å². The first-order valence-corrected chi connectivity index (χ1v) is 5.47. The highest BCUT2D eigenvalue weighted by Crippen LogP contribution is 2.21. The first kappa shape index (κ1) is 10.7. The minimum atomic E-state index is 0.178. The van der Waals surface area contributed by atoms with Crippen LogP contribution in [0.2, 0.25) is 0 Å². The van der Waals surface area contributed by atoms with E-state index in [0.29, 0.717) is 6.42 Å². The van der Waals surface area contributed by atoms with Crippen molar-refractivity contribution in [3.05, 3.63) is 30.5 Å². The molecule has 1 aromatic heterocycles. The number of nitrogens with zero attached hydrogens (tertiary/aromatic N) is 2. The second-order valence-corrected chi connectivity index (χ2v) is 3.94. The first-order chi connectivity index (χ1) is 7.72. The fourth-order valence-corrected chi connectivity index (χ4v) is 1.94. The van der Waals surface area contributed by atoms with Gasteiger partial charge in [0.2, 0.25) is 0 Å². The summed E-state index contributed by atoms with van der Waals surface area (Å²) < 4.78 is 1.97. The van der Waals surface area contributed by atoms with E-state index in [2.05, 4.69) is 12.0 Å². The summed E-state index contributed by atoms with van der Waals surface area (Å²) in [6.45, 7) is 2.09. The molecule has 0 saturated heterocycles. The standard InChI is InChI=1S/C12H16N4/c1-2-10(7-12(13)14)16-11-6-4-3-5-9(11)8-15-16/h3-6,8,10H,2,7H2,1H3,(H3,13,14). The van der Waals surface area contributed by atoms with E-state index in [0.717, 1.165) is 17.3 Å². The van der Waals surface area contributed by atoms with Crippen LogP contribution in [0, 0.1) is 5.41 Å². The maximum Gasteiger partial charge on any atom is 0.0926 e. The van der Waals surface area contributed by atoms with Gasteiger partial charge in [0.1, 0.15) is 0 Å². The number of rotatable bonds is 4. The van der Waals surface area contributed by atoms with Crippen LogP contribution in [-0.4, -0.2) is 15.6 Å². The number of benzene rings is 1. The van der Waals surface area contributed by atoms with Crippen LogP contribution in [0.3, 0.4) is 0 Å². The Kier molecular flexibility index (Phi) is 2.90. The van der Waals surface area contributed by atoms with E-state index < -0.39 is 0 Å². The molecule has 1 unspecified atom stereocenters. The summed E-state index contributed by atoms with van der Waals surface area (Å²) in [5, 5.41) is 12.9. The third-order valence-corrected chi connectivity index (χ3v) is 2.78. The molecule has 0 aliphatic heterocycles. The Bertz CT molecular complexity index is 500. The van der Waals surface area contributed by atoms with Crippen LogP contribution in [0.1, 0.15) is 25.8 Å². The maximum atomic E-state index is 7.38. The molecule has 0 spiro atoms. The van der Waals surface area contributed by atoms with Gasteiger partial charge in [0.05, 0.1) is 23.6 Å². The minimum absolute atomic E-state index is 0.178. The number of fused-ring (bicyclic) bond motifs is 1. The Morgan fingerprint density at radius 2 is 2.25 bits per heavy atom. The second-order valence-electron chi connectivity index (χ2n) is 3.94. The zero-order valence-corrected chi connectivity index (χ0v) is 9.35. The number of aromatic nitrogens is 2. The highest BCUT2D eigenvalue weighted by Gasteiger charge is 2.13. The molecule has 16 heavy (non-hydrogen) atoms. The third kappa shape index (κ3) is 1.91. The number of hydrogen-bond acceptors (Lipinski definition) is 2. The Hall–Kier alpha value is -1.84. The minimum Gasteiger partial charge on any atom is -0.388 e. The van der Waals surface area contributed by atoms with Crippen molar-refractivity contribution in [2.75, 3.05) is 0 Å². The van der Waals surface area contributed by atoms with Crippen molar-refractivity contribution < 1.29 is 0 Å². The van der Waals surface area contributed by atoms with Gasteiger partial charge >= 0.3 is 0 Å². The van der Waals surface area contributed by atoms with Crippen molar-refractivity contribution in [1.82, 2.24) is 9.78 Å². The molecule has 2 aromatic rings. The predicted molar refractivity (Wildman–Crippen MR) is 65.6 cm³/mol. The summed E-state index contributed by atoms with van der Waals surface area (Å²) in [6, 6.07) is 8.27. The van der Waals surface area contributed by atoms with Crippen LogP contribution in [-0.2, 0) is 0 Å². The molecule has 1 heterocycles. The van der Waals surface area contributed by atoms with Gasteiger partial charge < -0.3 is 5.73 Å². The summed E-state index contributed by atoms with van der Waals surface area (Å²) in [5.41, 5.74) is 6.57. The summed E-state index contributed by atoms with van der Waals surface area (Å²) in [7, 11) is 0. The van der Waals surface area contributed by atoms with Crippen LogP contribution in [0.25, 0.3) is 10.9 Å². The molecule has 3 N–H and O–H groups in total. The molecular formula is C12H16N4. The quantitative estimate of drug-likeness (QED) is 0.608. The van der Waals surface area contributed by atoms with Gasteiger partial charge in [-0.1, -0.05) is 25.1 Å². The zero-order chi connectivity index (χ0) is 11.5. The summed E-state index contributed by atoms with van der Waals surface area (Å²) in [5.74, 6) is 0.214. The molecule has 4 nitrogen and oxygen atoms in total. The highest BCUT2D eigenvalue weighted by atomic mass is 15.3. The first-order valence-electron chi connectivity index (χ1n) is 5.47. The fourth-order valence-electron chi connectivity index (χ4n) is 1.94. The molecular weight excluding hydrogens is 200 g/mol. The van der Waals surface area contributed by atoms with E-state index in [9.17, 15) is 0 Å². The predicted octanol–water partition coefficient (Wildman–Crippen LogP) is 2.31. The second kappa shape index (κ2) is 4.35. The Morgan fingerprint density at radius 1 is 1.50 bits per heavy atom. The van der Waals surface area contributed by atoms with Crippen LogP contribution in [0.4, 0.5) is 0 Å². The lowest BCUT2D eigenvalue weighted by molar-refractivity contribution is 0.467. The van der Waals surface area contributed by atoms with Crippen molar-refractivity contribution in [1.29, 1.82) is 5.41 Å². The topological polar surface area (TPSA) is 67.7 Å². The lowest BCUT2D eigenvalue weighted by Gasteiger charge is -2.15. The molecule has 4 heteroatoms. The van der Waals surface area contributed by atoms with Crippen molar-refractivity contribution in [2.24, 2.45) is 5.73 Å². The number of hydrogen-bond donors (Lipinski definition) is 2. The number of para-hydroxylation sites is 1. The molecule has 0 aliphatic rings. The molecule has 0 bridgehead atoms. The van der Waals surface area contributed by atoms with Crippen LogP contribution in [0.15, 0.2) is 30.5 Å².